The van der Waals surface area contributed by atoms with Crippen LogP contribution < -0.4 is 22.5 Å². The monoisotopic (exact) mass is 623 g/mol. The van der Waals surface area contributed by atoms with Crippen LogP contribution in [-0.2, 0) is 6.42 Å². The van der Waals surface area contributed by atoms with Crippen LogP contribution in [0.3, 0.4) is 0 Å². The van der Waals surface area contributed by atoms with Crippen molar-refractivity contribution in [3.05, 3.63) is 81.1 Å². The van der Waals surface area contributed by atoms with Gasteiger partial charge in [-0.25, -0.2) is 9.18 Å². The number of benzene rings is 2. The SMILES string of the molecule is CN=C(N)SCC[C@@H]1CCC[C@@H](c2ccc(-n3cc4cc(-c5cc(CCC[C@H](C)N)cc(Cl)c5F)[nH]c4nc3=O)cc2)N1. The summed E-state index contributed by atoms with van der Waals surface area (Å²) in [5.74, 6) is 0.427. The van der Waals surface area contributed by atoms with E-state index >= 15 is 4.39 Å². The van der Waals surface area contributed by atoms with Gasteiger partial charge in [0.05, 0.1) is 16.4 Å². The summed E-state index contributed by atoms with van der Waals surface area (Å²) >= 11 is 7.85. The second-order valence-corrected chi connectivity index (χ2v) is 12.8. The Morgan fingerprint density at radius 1 is 1.26 bits per heavy atom. The molecule has 8 nitrogen and oxygen atoms in total. The molecule has 3 heterocycles. The summed E-state index contributed by atoms with van der Waals surface area (Å²) in [7, 11) is 1.71. The zero-order chi connectivity index (χ0) is 30.5. The lowest BCUT2D eigenvalue weighted by molar-refractivity contribution is 0.320. The molecule has 0 unspecified atom stereocenters. The Kier molecular flexibility index (Phi) is 10.2. The highest BCUT2D eigenvalue weighted by atomic mass is 35.5. The van der Waals surface area contributed by atoms with Crippen LogP contribution in [0, 0.1) is 5.82 Å². The lowest BCUT2D eigenvalue weighted by Gasteiger charge is -2.31. The van der Waals surface area contributed by atoms with E-state index in [1.807, 2.05) is 19.1 Å². The summed E-state index contributed by atoms with van der Waals surface area (Å²) in [6.07, 6.45) is 8.63. The number of H-pyrrole nitrogens is 1. The number of hydrogen-bond donors (Lipinski definition) is 4. The first-order valence-electron chi connectivity index (χ1n) is 14.8. The molecule has 11 heteroatoms. The second kappa shape index (κ2) is 14.1. The van der Waals surface area contributed by atoms with Gasteiger partial charge in [0.25, 0.3) is 0 Å². The van der Waals surface area contributed by atoms with Crippen LogP contribution in [-0.4, -0.2) is 44.6 Å². The van der Waals surface area contributed by atoms with Gasteiger partial charge in [-0.05, 0) is 86.9 Å². The Labute approximate surface area is 260 Å². The van der Waals surface area contributed by atoms with E-state index in [-0.39, 0.29) is 17.1 Å². The van der Waals surface area contributed by atoms with E-state index < -0.39 is 11.5 Å². The Morgan fingerprint density at radius 2 is 2.05 bits per heavy atom. The van der Waals surface area contributed by atoms with Gasteiger partial charge in [-0.1, -0.05) is 41.9 Å². The minimum absolute atomic E-state index is 0.0629. The van der Waals surface area contributed by atoms with Crippen molar-refractivity contribution in [2.45, 2.75) is 70.0 Å². The largest absolute Gasteiger partial charge is 0.379 e. The van der Waals surface area contributed by atoms with E-state index in [2.05, 4.69) is 32.4 Å². The maximum absolute atomic E-state index is 15.1. The van der Waals surface area contributed by atoms with Crippen LogP contribution in [0.5, 0.6) is 0 Å². The topological polar surface area (TPSA) is 127 Å². The third-order valence-corrected chi connectivity index (χ3v) is 9.20. The first kappa shape index (κ1) is 31.3. The van der Waals surface area contributed by atoms with E-state index in [1.165, 1.54) is 10.1 Å². The minimum Gasteiger partial charge on any atom is -0.379 e. The van der Waals surface area contributed by atoms with E-state index in [0.717, 1.165) is 56.3 Å². The summed E-state index contributed by atoms with van der Waals surface area (Å²) in [6, 6.07) is 14.1. The van der Waals surface area contributed by atoms with Crippen molar-refractivity contribution in [3.63, 3.8) is 0 Å². The van der Waals surface area contributed by atoms with Crippen LogP contribution in [0.25, 0.3) is 28.0 Å². The Morgan fingerprint density at radius 3 is 2.79 bits per heavy atom. The number of amidine groups is 1. The standard InChI is InChI=1S/C32H39ClFN7OS/c1-19(35)5-3-6-20-15-25(29(34)26(33)16-20)28-17-22-18-41(32(42)40-30(22)39-28)24-11-9-21(10-12-24)27-8-4-7-23(38-27)13-14-43-31(36)37-2/h9-12,15-19,23,27,38H,3-8,13-14,35H2,1-2H3,(H2,36,37)(H,39,40,42)/t19-,23-,27-/m0/s1. The van der Waals surface area contributed by atoms with Crippen molar-refractivity contribution in [2.75, 3.05) is 12.8 Å². The third-order valence-electron chi connectivity index (χ3n) is 8.00. The summed E-state index contributed by atoms with van der Waals surface area (Å²) in [5.41, 5.74) is 15.4. The fourth-order valence-electron chi connectivity index (χ4n) is 5.69. The summed E-state index contributed by atoms with van der Waals surface area (Å²) in [6.45, 7) is 1.97. The van der Waals surface area contributed by atoms with Crippen molar-refractivity contribution in [1.82, 2.24) is 19.9 Å². The van der Waals surface area contributed by atoms with Gasteiger partial charge in [-0.15, -0.1) is 0 Å². The molecule has 1 aliphatic heterocycles. The van der Waals surface area contributed by atoms with Gasteiger partial charge in [-0.2, -0.15) is 4.98 Å². The zero-order valence-electron chi connectivity index (χ0n) is 24.6. The Balaban J connectivity index is 1.33. The number of halogens is 2. The summed E-state index contributed by atoms with van der Waals surface area (Å²) < 4.78 is 16.6. The molecule has 0 radical (unpaired) electrons. The number of nitrogens with two attached hydrogens (primary N) is 2. The molecule has 2 aromatic carbocycles. The lowest BCUT2D eigenvalue weighted by atomic mass is 9.92. The molecule has 1 aliphatic rings. The molecule has 2 aromatic heterocycles. The maximum Gasteiger partial charge on any atom is 0.354 e. The number of piperidine rings is 1. The van der Waals surface area contributed by atoms with Gasteiger partial charge in [-0.3, -0.25) is 9.56 Å². The van der Waals surface area contributed by atoms with Gasteiger partial charge in [0.1, 0.15) is 5.65 Å². The fraction of sp³-hybridized carbons (Fsp3) is 0.406. The number of rotatable bonds is 10. The molecule has 0 bridgehead atoms. The molecule has 0 spiro atoms. The lowest BCUT2D eigenvalue weighted by Crippen LogP contribution is -2.37. The number of hydrogen-bond acceptors (Lipinski definition) is 6. The predicted molar refractivity (Wildman–Crippen MR) is 177 cm³/mol. The normalized spacial score (nSPS) is 18.3. The van der Waals surface area contributed by atoms with Gasteiger partial charge in [0.15, 0.2) is 11.0 Å². The quantitative estimate of drug-likeness (QED) is 0.125. The molecular formula is C32H39ClFN7OS. The average Bonchev–Trinajstić information content (AvgIpc) is 3.41. The average molecular weight is 624 g/mol. The number of aryl methyl sites for hydroxylation is 1. The highest BCUT2D eigenvalue weighted by Crippen LogP contribution is 2.32. The Hall–Kier alpha value is -3.18. The van der Waals surface area contributed by atoms with Crippen molar-refractivity contribution >= 4 is 39.6 Å². The number of aromatic amines is 1. The highest BCUT2D eigenvalue weighted by Gasteiger charge is 2.22. The molecule has 0 amide bonds. The number of nitrogens with one attached hydrogen (secondary N) is 2. The van der Waals surface area contributed by atoms with Crippen molar-refractivity contribution in [2.24, 2.45) is 16.5 Å². The molecule has 0 saturated carbocycles. The highest BCUT2D eigenvalue weighted by molar-refractivity contribution is 8.13. The molecule has 228 valence electrons. The van der Waals surface area contributed by atoms with Crippen molar-refractivity contribution in [1.29, 1.82) is 0 Å². The zero-order valence-corrected chi connectivity index (χ0v) is 26.1. The maximum atomic E-state index is 15.1. The van der Waals surface area contributed by atoms with Crippen molar-refractivity contribution < 1.29 is 4.39 Å². The molecule has 0 aliphatic carbocycles. The molecule has 1 saturated heterocycles. The number of thioether (sulfide) groups is 1. The number of fused-ring (bicyclic) bond motifs is 1. The van der Waals surface area contributed by atoms with Crippen molar-refractivity contribution in [3.8, 4) is 16.9 Å². The van der Waals surface area contributed by atoms with Gasteiger partial charge in [0, 0.05) is 48.1 Å². The van der Waals surface area contributed by atoms with E-state index in [0.29, 0.717) is 39.2 Å². The van der Waals surface area contributed by atoms with Crippen LogP contribution in [0.1, 0.15) is 62.6 Å². The molecule has 4 aromatic rings. The van der Waals surface area contributed by atoms with E-state index in [4.69, 9.17) is 23.1 Å². The molecule has 1 fully saturated rings. The number of aromatic nitrogens is 3. The number of nitrogens with zero attached hydrogens (tertiary/aromatic N) is 3. The van der Waals surface area contributed by atoms with Crippen LogP contribution >= 0.6 is 23.4 Å². The predicted octanol–water partition coefficient (Wildman–Crippen LogP) is 6.09. The summed E-state index contributed by atoms with van der Waals surface area (Å²) in [4.78, 5) is 24.4. The molecule has 3 atom stereocenters. The van der Waals surface area contributed by atoms with Gasteiger partial charge in [0.2, 0.25) is 0 Å². The third kappa shape index (κ3) is 7.67. The van der Waals surface area contributed by atoms with E-state index in [1.54, 1.807) is 43.2 Å². The van der Waals surface area contributed by atoms with E-state index in [9.17, 15) is 4.79 Å². The van der Waals surface area contributed by atoms with Crippen LogP contribution in [0.4, 0.5) is 4.39 Å². The molecular weight excluding hydrogens is 585 g/mol. The smallest absolute Gasteiger partial charge is 0.354 e. The molecule has 5 rings (SSSR count). The first-order chi connectivity index (χ1) is 20.7. The molecule has 6 N–H and O–H groups in total. The molecule has 43 heavy (non-hydrogen) atoms. The fourth-order valence-corrected chi connectivity index (χ4v) is 6.67. The van der Waals surface area contributed by atoms with Crippen LogP contribution in [0.15, 0.2) is 58.4 Å². The second-order valence-electron chi connectivity index (χ2n) is 11.3. The summed E-state index contributed by atoms with van der Waals surface area (Å²) in [5, 5.41) is 5.16. The van der Waals surface area contributed by atoms with Crippen LogP contribution in [0.2, 0.25) is 5.02 Å². The van der Waals surface area contributed by atoms with Gasteiger partial charge >= 0.3 is 5.69 Å². The Bertz CT molecular complexity index is 1650. The van der Waals surface area contributed by atoms with Gasteiger partial charge < -0.3 is 21.8 Å². The number of aliphatic imine (C=N–C) groups is 1. The first-order valence-corrected chi connectivity index (χ1v) is 16.2. The minimum atomic E-state index is -0.508.